The van der Waals surface area contributed by atoms with Crippen LogP contribution in [-0.2, 0) is 11.8 Å². The lowest BCUT2D eigenvalue weighted by molar-refractivity contribution is -0.112. The molecule has 10 heteroatoms. The van der Waals surface area contributed by atoms with Gasteiger partial charge < -0.3 is 20.5 Å². The molecule has 3 N–H and O–H groups in total. The Balaban J connectivity index is 1.60. The number of aliphatic imine (C=N–C) groups is 1. The number of aryl methyl sites for hydroxylation is 1. The maximum atomic E-state index is 15.6. The number of carbonyl (C=O) groups is 2. The number of benzene rings is 2. The highest BCUT2D eigenvalue weighted by atomic mass is 19.1. The van der Waals surface area contributed by atoms with Gasteiger partial charge in [0.2, 0.25) is 0 Å². The van der Waals surface area contributed by atoms with Gasteiger partial charge in [0.05, 0.1) is 17.1 Å². The molecule has 9 nitrogen and oxygen atoms in total. The number of carbonyl (C=O) groups excluding carboxylic acids is 2. The van der Waals surface area contributed by atoms with Crippen LogP contribution in [0.4, 0.5) is 15.9 Å². The van der Waals surface area contributed by atoms with Gasteiger partial charge in [-0.15, -0.1) is 0 Å². The van der Waals surface area contributed by atoms with Gasteiger partial charge in [0.15, 0.2) is 0 Å². The Hall–Kier alpha value is -4.86. The molecule has 2 aromatic carbocycles. The van der Waals surface area contributed by atoms with Gasteiger partial charge in [0.1, 0.15) is 23.6 Å². The van der Waals surface area contributed by atoms with Crippen LogP contribution in [0.1, 0.15) is 30.1 Å². The van der Waals surface area contributed by atoms with Crippen molar-refractivity contribution in [3.8, 4) is 22.4 Å². The summed E-state index contributed by atoms with van der Waals surface area (Å²) in [6.07, 6.45) is 5.00. The Bertz CT molecular complexity index is 1670. The Morgan fingerprint density at radius 1 is 1.20 bits per heavy atom. The molecular weight excluding hydrogens is 509 g/mol. The third-order valence-corrected chi connectivity index (χ3v) is 7.17. The van der Waals surface area contributed by atoms with Gasteiger partial charge in [-0.25, -0.2) is 14.4 Å². The van der Waals surface area contributed by atoms with Crippen molar-refractivity contribution in [2.75, 3.05) is 24.6 Å². The van der Waals surface area contributed by atoms with Gasteiger partial charge in [-0.1, -0.05) is 18.7 Å². The van der Waals surface area contributed by atoms with Crippen LogP contribution in [-0.4, -0.2) is 57.1 Å². The van der Waals surface area contributed by atoms with Crippen molar-refractivity contribution in [3.05, 3.63) is 72.3 Å². The number of amides is 2. The molecule has 1 aliphatic rings. The molecule has 0 radical (unpaired) electrons. The highest BCUT2D eigenvalue weighted by Gasteiger charge is 2.29. The summed E-state index contributed by atoms with van der Waals surface area (Å²) < 4.78 is 17.4. The normalized spacial score (nSPS) is 15.2. The van der Waals surface area contributed by atoms with E-state index in [0.717, 1.165) is 18.4 Å². The third-order valence-electron chi connectivity index (χ3n) is 7.17. The molecule has 0 bridgehead atoms. The van der Waals surface area contributed by atoms with E-state index >= 15 is 4.39 Å². The molecule has 4 aromatic rings. The lowest BCUT2D eigenvalue weighted by Crippen LogP contribution is -2.36. The lowest BCUT2D eigenvalue weighted by Gasteiger charge is -2.21. The maximum Gasteiger partial charge on any atom is 0.254 e. The quantitative estimate of drug-likeness (QED) is 0.268. The van der Waals surface area contributed by atoms with Crippen LogP contribution in [0.5, 0.6) is 0 Å². The predicted octanol–water partition coefficient (Wildman–Crippen LogP) is 4.84. The van der Waals surface area contributed by atoms with Crippen molar-refractivity contribution < 1.29 is 14.0 Å². The van der Waals surface area contributed by atoms with Crippen molar-refractivity contribution in [1.82, 2.24) is 19.4 Å². The Morgan fingerprint density at radius 3 is 2.62 bits per heavy atom. The van der Waals surface area contributed by atoms with Crippen molar-refractivity contribution in [1.29, 1.82) is 0 Å². The number of nitrogens with one attached hydrogen (secondary N) is 1. The van der Waals surface area contributed by atoms with Gasteiger partial charge in [0, 0.05) is 54.8 Å². The first-order valence-corrected chi connectivity index (χ1v) is 12.9. The van der Waals surface area contributed by atoms with Crippen molar-refractivity contribution in [2.24, 2.45) is 12.0 Å². The average molecular weight is 540 g/mol. The van der Waals surface area contributed by atoms with E-state index < -0.39 is 11.7 Å². The molecular formula is C30H30FN7O2. The summed E-state index contributed by atoms with van der Waals surface area (Å²) in [5, 5.41) is 3.22. The van der Waals surface area contributed by atoms with Gasteiger partial charge in [0.25, 0.3) is 11.8 Å². The molecule has 0 spiro atoms. The zero-order valence-electron chi connectivity index (χ0n) is 22.6. The molecule has 0 aliphatic carbocycles. The summed E-state index contributed by atoms with van der Waals surface area (Å²) in [4.78, 5) is 39.8. The second kappa shape index (κ2) is 10.7. The fourth-order valence-corrected chi connectivity index (χ4v) is 5.21. The monoisotopic (exact) mass is 539 g/mol. The van der Waals surface area contributed by atoms with E-state index in [1.807, 2.05) is 23.2 Å². The summed E-state index contributed by atoms with van der Waals surface area (Å²) in [5.41, 5.74) is 10.2. The van der Waals surface area contributed by atoms with Crippen molar-refractivity contribution in [3.63, 3.8) is 0 Å². The van der Waals surface area contributed by atoms with E-state index in [4.69, 9.17) is 5.73 Å². The van der Waals surface area contributed by atoms with E-state index in [2.05, 4.69) is 26.9 Å². The van der Waals surface area contributed by atoms with Gasteiger partial charge in [-0.2, -0.15) is 0 Å². The topological polar surface area (TPSA) is 118 Å². The lowest BCUT2D eigenvalue weighted by atomic mass is 9.97. The van der Waals surface area contributed by atoms with Crippen molar-refractivity contribution >= 4 is 40.6 Å². The van der Waals surface area contributed by atoms with Crippen LogP contribution >= 0.6 is 0 Å². The van der Waals surface area contributed by atoms with E-state index in [1.54, 1.807) is 49.9 Å². The zero-order chi connectivity index (χ0) is 28.6. The summed E-state index contributed by atoms with van der Waals surface area (Å²) >= 11 is 0. The number of aromatic nitrogens is 3. The van der Waals surface area contributed by atoms with E-state index in [0.29, 0.717) is 51.2 Å². The second-order valence-electron chi connectivity index (χ2n) is 9.86. The van der Waals surface area contributed by atoms with Crippen molar-refractivity contribution in [2.45, 2.75) is 25.8 Å². The summed E-state index contributed by atoms with van der Waals surface area (Å²) in [7, 11) is 3.49. The first-order valence-electron chi connectivity index (χ1n) is 12.9. The maximum absolute atomic E-state index is 15.6. The molecule has 1 saturated heterocycles. The summed E-state index contributed by atoms with van der Waals surface area (Å²) in [5.74, 6) is -0.736. The van der Waals surface area contributed by atoms with E-state index in [1.165, 1.54) is 12.4 Å². The SMILES string of the molecule is C=C(C)C(=O)Nc1ccc(-c2c(-c3ccc(C(=O)N4CCC[C@H]4C=NC)cc3)c3c(N)ncnc3n2C)c(F)c1. The van der Waals surface area contributed by atoms with Gasteiger partial charge >= 0.3 is 0 Å². The molecule has 0 unspecified atom stereocenters. The predicted molar refractivity (Wildman–Crippen MR) is 156 cm³/mol. The van der Waals surface area contributed by atoms with E-state index in [9.17, 15) is 9.59 Å². The molecule has 2 aromatic heterocycles. The number of halogens is 1. The van der Waals surface area contributed by atoms with Crippen LogP contribution in [0, 0.1) is 5.82 Å². The van der Waals surface area contributed by atoms with Gasteiger partial charge in [-0.05, 0) is 55.7 Å². The minimum Gasteiger partial charge on any atom is -0.383 e. The minimum atomic E-state index is -0.539. The zero-order valence-corrected chi connectivity index (χ0v) is 22.6. The smallest absolute Gasteiger partial charge is 0.254 e. The molecule has 40 heavy (non-hydrogen) atoms. The molecule has 3 heterocycles. The highest BCUT2D eigenvalue weighted by Crippen LogP contribution is 2.42. The second-order valence-corrected chi connectivity index (χ2v) is 9.86. The number of nitrogen functional groups attached to an aromatic ring is 1. The number of hydrogen-bond acceptors (Lipinski definition) is 6. The molecule has 5 rings (SSSR count). The van der Waals surface area contributed by atoms with Crippen LogP contribution in [0.2, 0.25) is 0 Å². The summed E-state index contributed by atoms with van der Waals surface area (Å²) in [6, 6.07) is 11.7. The number of nitrogens with two attached hydrogens (primary N) is 1. The highest BCUT2D eigenvalue weighted by molar-refractivity contribution is 6.08. The third kappa shape index (κ3) is 4.72. The Morgan fingerprint density at radius 2 is 1.95 bits per heavy atom. The molecule has 1 atom stereocenters. The number of nitrogens with zero attached hydrogens (tertiary/aromatic N) is 5. The van der Waals surface area contributed by atoms with Crippen LogP contribution in [0.3, 0.4) is 0 Å². The largest absolute Gasteiger partial charge is 0.383 e. The minimum absolute atomic E-state index is 0.00933. The first-order chi connectivity index (χ1) is 19.2. The van der Waals surface area contributed by atoms with Gasteiger partial charge in [-0.3, -0.25) is 14.6 Å². The molecule has 2 amide bonds. The molecule has 204 valence electrons. The fourth-order valence-electron chi connectivity index (χ4n) is 5.21. The molecule has 1 aliphatic heterocycles. The standard InChI is InChI=1S/C30H30FN7O2/c1-17(2)29(39)36-20-11-12-22(23(31)14-20)26-24(25-27(32)34-16-35-28(25)37(26)4)18-7-9-19(10-8-18)30(40)38-13-5-6-21(38)15-33-3/h7-12,14-16,21H,1,5-6,13H2,2-4H3,(H,36,39)(H2,32,34,35)/t21-/m0/s1. The first kappa shape index (κ1) is 26.7. The number of rotatable bonds is 6. The average Bonchev–Trinajstić information content (AvgIpc) is 3.52. The number of hydrogen-bond donors (Lipinski definition) is 2. The van der Waals surface area contributed by atoms with Crippen LogP contribution < -0.4 is 11.1 Å². The number of likely N-dealkylation sites (tertiary alicyclic amines) is 1. The molecule has 1 fully saturated rings. The number of anilines is 2. The Labute approximate surface area is 231 Å². The van der Waals surface area contributed by atoms with E-state index in [-0.39, 0.29) is 17.8 Å². The number of fused-ring (bicyclic) bond motifs is 1. The fraction of sp³-hybridized carbons (Fsp3) is 0.233. The summed E-state index contributed by atoms with van der Waals surface area (Å²) in [6.45, 7) is 5.88. The van der Waals surface area contributed by atoms with Crippen LogP contribution in [0.15, 0.2) is 65.9 Å². The Kier molecular flexibility index (Phi) is 7.17. The molecule has 0 saturated carbocycles. The van der Waals surface area contributed by atoms with Crippen LogP contribution in [0.25, 0.3) is 33.4 Å².